The largest absolute Gasteiger partial charge is 0.573 e. The van der Waals surface area contributed by atoms with Crippen LogP contribution in [-0.4, -0.2) is 49.3 Å². The molecule has 11 heteroatoms. The number of carbonyl (C=O) groups is 1. The summed E-state index contributed by atoms with van der Waals surface area (Å²) in [5, 5.41) is 17.1. The van der Waals surface area contributed by atoms with E-state index in [-0.39, 0.29) is 23.3 Å². The zero-order valence-corrected chi connectivity index (χ0v) is 17.7. The number of hydrogen-bond acceptors (Lipinski definition) is 6. The van der Waals surface area contributed by atoms with Gasteiger partial charge in [-0.15, -0.1) is 13.2 Å². The molecule has 0 bridgehead atoms. The number of carbonyl (C=O) groups excluding carboxylic acids is 1. The van der Waals surface area contributed by atoms with E-state index in [4.69, 9.17) is 0 Å². The van der Waals surface area contributed by atoms with Crippen molar-refractivity contribution in [3.05, 3.63) is 48.4 Å². The molecular formula is C22H22F3N5O3. The minimum Gasteiger partial charge on any atom is -0.406 e. The molecule has 1 fully saturated rings. The van der Waals surface area contributed by atoms with Gasteiger partial charge in [-0.3, -0.25) is 9.48 Å². The second-order valence-corrected chi connectivity index (χ2v) is 7.87. The van der Waals surface area contributed by atoms with Crippen molar-refractivity contribution >= 4 is 5.91 Å². The first-order valence-corrected chi connectivity index (χ1v) is 10.4. The first kappa shape index (κ1) is 22.7. The molecule has 0 radical (unpaired) electrons. The van der Waals surface area contributed by atoms with Crippen molar-refractivity contribution in [1.82, 2.24) is 25.1 Å². The van der Waals surface area contributed by atoms with E-state index in [1.54, 1.807) is 24.1 Å². The zero-order chi connectivity index (χ0) is 23.6. The lowest BCUT2D eigenvalue weighted by Gasteiger charge is -2.28. The molecule has 1 aromatic carbocycles. The van der Waals surface area contributed by atoms with Crippen LogP contribution in [0.25, 0.3) is 22.6 Å². The molecule has 2 unspecified atom stereocenters. The fourth-order valence-corrected chi connectivity index (χ4v) is 3.73. The fraction of sp³-hybridized carbons (Fsp3) is 0.364. The molecule has 1 aliphatic carbocycles. The second-order valence-electron chi connectivity index (χ2n) is 7.87. The van der Waals surface area contributed by atoms with Crippen LogP contribution in [0.3, 0.4) is 0 Å². The van der Waals surface area contributed by atoms with E-state index in [1.165, 1.54) is 30.3 Å². The molecule has 2 N–H and O–H groups in total. The summed E-state index contributed by atoms with van der Waals surface area (Å²) < 4.78 is 42.8. The lowest BCUT2D eigenvalue weighted by Crippen LogP contribution is -2.45. The Kier molecular flexibility index (Phi) is 6.32. The number of rotatable bonds is 5. The lowest BCUT2D eigenvalue weighted by atomic mass is 9.92. The van der Waals surface area contributed by atoms with Crippen LogP contribution in [0.5, 0.6) is 5.75 Å². The van der Waals surface area contributed by atoms with Gasteiger partial charge in [-0.1, -0.05) is 12.8 Å². The van der Waals surface area contributed by atoms with E-state index in [9.17, 15) is 23.1 Å². The van der Waals surface area contributed by atoms with Crippen LogP contribution in [0.2, 0.25) is 0 Å². The van der Waals surface area contributed by atoms with Crippen molar-refractivity contribution < 1.29 is 27.8 Å². The van der Waals surface area contributed by atoms with Gasteiger partial charge in [0.15, 0.2) is 5.82 Å². The van der Waals surface area contributed by atoms with Crippen molar-refractivity contribution in [2.45, 2.75) is 44.2 Å². The van der Waals surface area contributed by atoms with E-state index >= 15 is 0 Å². The van der Waals surface area contributed by atoms with Crippen LogP contribution in [0, 0.1) is 0 Å². The predicted octanol–water partition coefficient (Wildman–Crippen LogP) is 3.48. The summed E-state index contributed by atoms with van der Waals surface area (Å²) in [5.41, 5.74) is 1.47. The third kappa shape index (κ3) is 5.67. The molecule has 2 atom stereocenters. The Hall–Kier alpha value is -3.47. The highest BCUT2D eigenvalue weighted by Crippen LogP contribution is 2.27. The molecule has 2 aromatic heterocycles. The van der Waals surface area contributed by atoms with Crippen molar-refractivity contribution in [2.75, 3.05) is 0 Å². The molecule has 4 rings (SSSR count). The Morgan fingerprint density at radius 3 is 2.52 bits per heavy atom. The zero-order valence-electron chi connectivity index (χ0n) is 17.7. The number of aryl methyl sites for hydroxylation is 1. The van der Waals surface area contributed by atoms with E-state index < -0.39 is 18.4 Å². The third-order valence-corrected chi connectivity index (χ3v) is 5.35. The summed E-state index contributed by atoms with van der Waals surface area (Å²) >= 11 is 0. The summed E-state index contributed by atoms with van der Waals surface area (Å²) in [7, 11) is 1.73. The van der Waals surface area contributed by atoms with Crippen LogP contribution in [0.1, 0.15) is 36.2 Å². The Balaban J connectivity index is 1.67. The van der Waals surface area contributed by atoms with Gasteiger partial charge < -0.3 is 15.2 Å². The number of ether oxygens (including phenoxy) is 1. The first-order valence-electron chi connectivity index (χ1n) is 10.4. The van der Waals surface area contributed by atoms with Crippen molar-refractivity contribution in [3.8, 4) is 28.4 Å². The molecule has 1 aliphatic rings. The number of aliphatic hydroxyl groups excluding tert-OH is 1. The fourth-order valence-electron chi connectivity index (χ4n) is 3.73. The highest BCUT2D eigenvalue weighted by atomic mass is 19.4. The topological polar surface area (TPSA) is 102 Å². The summed E-state index contributed by atoms with van der Waals surface area (Å²) in [6, 6.07) is 6.28. The minimum absolute atomic E-state index is 0.0762. The average molecular weight is 461 g/mol. The molecule has 1 amide bonds. The van der Waals surface area contributed by atoms with Gasteiger partial charge in [-0.2, -0.15) is 5.10 Å². The highest BCUT2D eigenvalue weighted by molar-refractivity contribution is 5.94. The molecule has 3 aromatic rings. The van der Waals surface area contributed by atoms with Gasteiger partial charge >= 0.3 is 6.36 Å². The van der Waals surface area contributed by atoms with Crippen LogP contribution in [0.4, 0.5) is 13.2 Å². The van der Waals surface area contributed by atoms with Gasteiger partial charge in [0, 0.05) is 18.8 Å². The average Bonchev–Trinajstić information content (AvgIpc) is 3.21. The number of aliphatic hydroxyl groups is 1. The smallest absolute Gasteiger partial charge is 0.406 e. The molecule has 0 spiro atoms. The number of alkyl halides is 3. The highest BCUT2D eigenvalue weighted by Gasteiger charge is 2.31. The van der Waals surface area contributed by atoms with E-state index in [0.717, 1.165) is 12.8 Å². The number of halogens is 3. The number of nitrogens with zero attached hydrogens (tertiary/aromatic N) is 4. The summed E-state index contributed by atoms with van der Waals surface area (Å²) in [5.74, 6) is -0.589. The number of hydrogen-bond donors (Lipinski definition) is 2. The third-order valence-electron chi connectivity index (χ3n) is 5.35. The van der Waals surface area contributed by atoms with Crippen molar-refractivity contribution in [3.63, 3.8) is 0 Å². The summed E-state index contributed by atoms with van der Waals surface area (Å²) in [6.45, 7) is 0. The number of benzene rings is 1. The molecule has 8 nitrogen and oxygen atoms in total. The van der Waals surface area contributed by atoms with Crippen LogP contribution < -0.4 is 10.1 Å². The van der Waals surface area contributed by atoms with Gasteiger partial charge in [0.25, 0.3) is 5.91 Å². The SMILES string of the molecule is Cn1cc(-c2nc(C(=O)NC3CCCCC3O)cc(-c3ccc(OC(F)(F)F)cc3)n2)cn1. The number of amides is 1. The molecule has 0 aliphatic heterocycles. The molecule has 1 saturated carbocycles. The van der Waals surface area contributed by atoms with Crippen LogP contribution >= 0.6 is 0 Å². The lowest BCUT2D eigenvalue weighted by molar-refractivity contribution is -0.274. The monoisotopic (exact) mass is 461 g/mol. The quantitative estimate of drug-likeness (QED) is 0.603. The second kappa shape index (κ2) is 9.18. The van der Waals surface area contributed by atoms with Gasteiger partial charge in [0.05, 0.1) is 29.6 Å². The van der Waals surface area contributed by atoms with E-state index in [2.05, 4.69) is 25.1 Å². The Labute approximate surface area is 187 Å². The van der Waals surface area contributed by atoms with Gasteiger partial charge in [-0.25, -0.2) is 9.97 Å². The van der Waals surface area contributed by atoms with E-state index in [1.807, 2.05) is 0 Å². The van der Waals surface area contributed by atoms with Gasteiger partial charge in [-0.05, 0) is 43.2 Å². The van der Waals surface area contributed by atoms with Crippen LogP contribution in [0.15, 0.2) is 42.7 Å². The Morgan fingerprint density at radius 1 is 1.15 bits per heavy atom. The summed E-state index contributed by atoms with van der Waals surface area (Å²) in [6.07, 6.45) is 0.919. The first-order chi connectivity index (χ1) is 15.7. The van der Waals surface area contributed by atoms with Gasteiger partial charge in [0.1, 0.15) is 11.4 Å². The maximum Gasteiger partial charge on any atom is 0.573 e. The molecular weight excluding hydrogens is 439 g/mol. The predicted molar refractivity (Wildman–Crippen MR) is 112 cm³/mol. The molecule has 33 heavy (non-hydrogen) atoms. The number of nitrogens with one attached hydrogen (secondary N) is 1. The molecule has 0 saturated heterocycles. The normalized spacial score (nSPS) is 18.7. The summed E-state index contributed by atoms with van der Waals surface area (Å²) in [4.78, 5) is 21.8. The van der Waals surface area contributed by atoms with Crippen LogP contribution in [-0.2, 0) is 7.05 Å². The maximum absolute atomic E-state index is 13.0. The van der Waals surface area contributed by atoms with Gasteiger partial charge in [0.2, 0.25) is 0 Å². The maximum atomic E-state index is 13.0. The Bertz CT molecular complexity index is 1130. The van der Waals surface area contributed by atoms with E-state index in [0.29, 0.717) is 29.7 Å². The van der Waals surface area contributed by atoms with Crippen molar-refractivity contribution in [1.29, 1.82) is 0 Å². The Morgan fingerprint density at radius 2 is 1.88 bits per heavy atom. The van der Waals surface area contributed by atoms with Crippen molar-refractivity contribution in [2.24, 2.45) is 7.05 Å². The molecule has 174 valence electrons. The number of aromatic nitrogens is 4. The minimum atomic E-state index is -4.79. The molecule has 2 heterocycles. The standard InChI is InChI=1S/C22H22F3N5O3/c1-30-12-14(11-26-30)20-27-17(13-6-8-15(9-7-13)33-22(23,24)25)10-18(28-20)21(32)29-16-4-2-3-5-19(16)31/h6-12,16,19,31H,2-5H2,1H3,(H,29,32).